The first-order chi connectivity index (χ1) is 28.3. The molecule has 0 saturated carbocycles. The number of nitrogens with zero attached hydrogens (tertiary/aromatic N) is 4. The SMILES string of the molecule is c1ccc(-c2nc(-c3ccccc3)nc(-n3c4ccccc4c4cc([Si](c5ccccc5)(c5ccccc5)c5cccc6sc7ccccc7c56)ccc43)n2)cc1. The minimum Gasteiger partial charge on any atom is -0.278 e. The molecule has 0 amide bonds. The molecule has 11 rings (SSSR count). The number of benzene rings is 8. The molecule has 3 aromatic heterocycles. The van der Waals surface area contributed by atoms with Crippen LogP contribution in [0.5, 0.6) is 0 Å². The number of hydrogen-bond acceptors (Lipinski definition) is 4. The minimum absolute atomic E-state index is 0.589. The molecule has 0 spiro atoms. The van der Waals surface area contributed by atoms with Crippen molar-refractivity contribution in [2.45, 2.75) is 0 Å². The summed E-state index contributed by atoms with van der Waals surface area (Å²) in [5.74, 6) is 1.86. The van der Waals surface area contributed by atoms with Crippen LogP contribution < -0.4 is 20.7 Å². The highest BCUT2D eigenvalue weighted by atomic mass is 32.1. The molecule has 57 heavy (non-hydrogen) atoms. The third-order valence-electron chi connectivity index (χ3n) is 11.2. The fraction of sp³-hybridized carbons (Fsp3) is 0. The van der Waals surface area contributed by atoms with E-state index in [9.17, 15) is 0 Å². The van der Waals surface area contributed by atoms with E-state index in [1.165, 1.54) is 40.9 Å². The molecule has 0 radical (unpaired) electrons. The fourth-order valence-electron chi connectivity index (χ4n) is 8.75. The van der Waals surface area contributed by atoms with Gasteiger partial charge in [-0.2, -0.15) is 9.97 Å². The van der Waals surface area contributed by atoms with E-state index in [2.05, 4.69) is 174 Å². The van der Waals surface area contributed by atoms with Crippen LogP contribution >= 0.6 is 11.3 Å². The van der Waals surface area contributed by atoms with Gasteiger partial charge in [0.1, 0.15) is 0 Å². The highest BCUT2D eigenvalue weighted by Gasteiger charge is 2.43. The first kappa shape index (κ1) is 33.4. The van der Waals surface area contributed by atoms with Crippen LogP contribution in [-0.2, 0) is 0 Å². The lowest BCUT2D eigenvalue weighted by Crippen LogP contribution is -2.74. The number of fused-ring (bicyclic) bond motifs is 6. The standard InChI is InChI=1S/C51H34N4SSi/c1-5-18-35(19-6-1)49-52-50(36-20-7-2-8-21-36)54-51(53-49)55-43-28-15-13-26-40(43)42-34-39(32-33-44(42)55)57(37-22-9-3-10-23-37,38-24-11-4-12-25-38)47-31-17-30-46-48(47)41-27-14-16-29-45(41)56-46/h1-34H. The summed E-state index contributed by atoms with van der Waals surface area (Å²) in [4.78, 5) is 15.4. The number of hydrogen-bond donors (Lipinski definition) is 0. The predicted octanol–water partition coefficient (Wildman–Crippen LogP) is 10.0. The Morgan fingerprint density at radius 3 is 1.56 bits per heavy atom. The fourth-order valence-corrected chi connectivity index (χ4v) is 15.0. The summed E-state index contributed by atoms with van der Waals surface area (Å²) in [6.07, 6.45) is 0. The molecule has 0 bridgehead atoms. The van der Waals surface area contributed by atoms with Gasteiger partial charge in [0.05, 0.1) is 11.0 Å². The molecule has 0 fully saturated rings. The van der Waals surface area contributed by atoms with Crippen LogP contribution in [0.2, 0.25) is 0 Å². The minimum atomic E-state index is -2.97. The Bertz CT molecular complexity index is 3140. The van der Waals surface area contributed by atoms with Crippen LogP contribution in [0.25, 0.3) is 70.7 Å². The zero-order chi connectivity index (χ0) is 37.8. The van der Waals surface area contributed by atoms with Gasteiger partial charge in [-0.1, -0.05) is 182 Å². The number of rotatable bonds is 7. The normalized spacial score (nSPS) is 11.9. The Balaban J connectivity index is 1.23. The van der Waals surface area contributed by atoms with Gasteiger partial charge < -0.3 is 0 Å². The predicted molar refractivity (Wildman–Crippen MR) is 242 cm³/mol. The monoisotopic (exact) mass is 762 g/mol. The summed E-state index contributed by atoms with van der Waals surface area (Å²) in [6, 6.07) is 74.5. The number of para-hydroxylation sites is 1. The molecule has 0 N–H and O–H groups in total. The van der Waals surface area contributed by atoms with E-state index in [1.54, 1.807) is 0 Å². The van der Waals surface area contributed by atoms with Gasteiger partial charge in [0.2, 0.25) is 5.95 Å². The van der Waals surface area contributed by atoms with Crippen LogP contribution in [0.1, 0.15) is 0 Å². The van der Waals surface area contributed by atoms with Crippen LogP contribution in [0.3, 0.4) is 0 Å². The smallest absolute Gasteiger partial charge is 0.238 e. The second kappa shape index (κ2) is 13.6. The average molecular weight is 763 g/mol. The topological polar surface area (TPSA) is 43.6 Å². The van der Waals surface area contributed by atoms with Gasteiger partial charge in [-0.25, -0.2) is 4.98 Å². The maximum absolute atomic E-state index is 5.19. The van der Waals surface area contributed by atoms with E-state index in [4.69, 9.17) is 15.0 Å². The maximum Gasteiger partial charge on any atom is 0.238 e. The highest BCUT2D eigenvalue weighted by Crippen LogP contribution is 2.35. The molecule has 0 saturated heterocycles. The average Bonchev–Trinajstić information content (AvgIpc) is 3.84. The first-order valence-corrected chi connectivity index (χ1v) is 22.0. The third kappa shape index (κ3) is 5.37. The van der Waals surface area contributed by atoms with Crippen molar-refractivity contribution in [3.63, 3.8) is 0 Å². The van der Waals surface area contributed by atoms with Crippen LogP contribution in [0.15, 0.2) is 206 Å². The largest absolute Gasteiger partial charge is 0.278 e. The Morgan fingerprint density at radius 2 is 0.912 bits per heavy atom. The second-order valence-corrected chi connectivity index (χ2v) is 19.2. The Labute approximate surface area is 335 Å². The molecule has 0 aliphatic carbocycles. The number of aromatic nitrogens is 4. The van der Waals surface area contributed by atoms with Crippen molar-refractivity contribution >= 4 is 82.1 Å². The van der Waals surface area contributed by atoms with E-state index >= 15 is 0 Å². The number of thiophene rings is 1. The van der Waals surface area contributed by atoms with Gasteiger partial charge in [0.15, 0.2) is 19.7 Å². The molecule has 0 aliphatic heterocycles. The lowest BCUT2D eigenvalue weighted by molar-refractivity contribution is 0.953. The van der Waals surface area contributed by atoms with Crippen molar-refractivity contribution in [2.24, 2.45) is 0 Å². The molecule has 268 valence electrons. The maximum atomic E-state index is 5.19. The molecule has 6 heteroatoms. The molecule has 0 atom stereocenters. The van der Waals surface area contributed by atoms with E-state index in [0.29, 0.717) is 17.6 Å². The second-order valence-electron chi connectivity index (χ2n) is 14.4. The first-order valence-electron chi connectivity index (χ1n) is 19.2. The van der Waals surface area contributed by atoms with Crippen molar-refractivity contribution in [1.82, 2.24) is 19.5 Å². The van der Waals surface area contributed by atoms with E-state index in [-0.39, 0.29) is 0 Å². The molecule has 3 heterocycles. The van der Waals surface area contributed by atoms with Gasteiger partial charge >= 0.3 is 0 Å². The summed E-state index contributed by atoms with van der Waals surface area (Å²) in [7, 11) is -2.97. The van der Waals surface area contributed by atoms with E-state index in [0.717, 1.165) is 32.9 Å². The lowest BCUT2D eigenvalue weighted by Gasteiger charge is -2.35. The van der Waals surface area contributed by atoms with Crippen molar-refractivity contribution in [3.05, 3.63) is 206 Å². The molecule has 4 nitrogen and oxygen atoms in total. The Hall–Kier alpha value is -6.99. The summed E-state index contributed by atoms with van der Waals surface area (Å²) in [5.41, 5.74) is 3.98. The van der Waals surface area contributed by atoms with Gasteiger partial charge in [0, 0.05) is 42.1 Å². The Morgan fingerprint density at radius 1 is 0.386 bits per heavy atom. The van der Waals surface area contributed by atoms with Crippen molar-refractivity contribution in [2.75, 3.05) is 0 Å². The summed E-state index contributed by atoms with van der Waals surface area (Å²) in [5, 5.41) is 10.4. The molecule has 8 aromatic carbocycles. The van der Waals surface area contributed by atoms with Gasteiger partial charge in [-0.15, -0.1) is 11.3 Å². The van der Waals surface area contributed by atoms with Crippen LogP contribution in [0.4, 0.5) is 0 Å². The summed E-state index contributed by atoms with van der Waals surface area (Å²) >= 11 is 1.88. The lowest BCUT2D eigenvalue weighted by atomic mass is 10.1. The van der Waals surface area contributed by atoms with Gasteiger partial charge in [-0.05, 0) is 45.0 Å². The molecule has 0 aliphatic rings. The van der Waals surface area contributed by atoms with E-state index in [1.807, 2.05) is 47.7 Å². The molecule has 0 unspecified atom stereocenters. The van der Waals surface area contributed by atoms with Crippen molar-refractivity contribution < 1.29 is 0 Å². The summed E-state index contributed by atoms with van der Waals surface area (Å²) < 4.78 is 4.84. The molecular formula is C51H34N4SSi. The van der Waals surface area contributed by atoms with Crippen molar-refractivity contribution in [3.8, 4) is 28.7 Å². The van der Waals surface area contributed by atoms with Crippen molar-refractivity contribution in [1.29, 1.82) is 0 Å². The zero-order valence-electron chi connectivity index (χ0n) is 30.8. The molecular weight excluding hydrogens is 729 g/mol. The van der Waals surface area contributed by atoms with Crippen LogP contribution in [0, 0.1) is 0 Å². The van der Waals surface area contributed by atoms with Crippen LogP contribution in [-0.4, -0.2) is 27.6 Å². The van der Waals surface area contributed by atoms with E-state index < -0.39 is 8.07 Å². The Kier molecular flexibility index (Phi) is 7.98. The zero-order valence-corrected chi connectivity index (χ0v) is 32.6. The van der Waals surface area contributed by atoms with Gasteiger partial charge in [0.25, 0.3) is 0 Å². The quantitative estimate of drug-likeness (QED) is 0.120. The molecule has 11 aromatic rings. The summed E-state index contributed by atoms with van der Waals surface area (Å²) in [6.45, 7) is 0. The van der Waals surface area contributed by atoms with Gasteiger partial charge in [-0.3, -0.25) is 4.57 Å². The third-order valence-corrected chi connectivity index (χ3v) is 17.1. The highest BCUT2D eigenvalue weighted by molar-refractivity contribution is 7.27.